The molecule has 0 atom stereocenters. The van der Waals surface area contributed by atoms with Gasteiger partial charge < -0.3 is 5.32 Å². The molecule has 1 aromatic heterocycles. The van der Waals surface area contributed by atoms with Crippen LogP contribution in [0.1, 0.15) is 10.4 Å². The molecule has 0 aliphatic carbocycles. The Balaban J connectivity index is 2.04. The van der Waals surface area contributed by atoms with Crippen LogP contribution in [0.5, 0.6) is 0 Å². The lowest BCUT2D eigenvalue weighted by atomic mass is 10.1. The van der Waals surface area contributed by atoms with Crippen molar-refractivity contribution in [2.45, 2.75) is 0 Å². The molecule has 0 saturated carbocycles. The number of nitrogens with one attached hydrogen (secondary N) is 1. The molecule has 5 nitrogen and oxygen atoms in total. The first kappa shape index (κ1) is 18.2. The molecule has 1 N–H and O–H groups in total. The number of nitrogens with zero attached hydrogens (tertiary/aromatic N) is 1. The van der Waals surface area contributed by atoms with Crippen molar-refractivity contribution >= 4 is 38.6 Å². The van der Waals surface area contributed by atoms with E-state index in [2.05, 4.69) is 5.32 Å². The first-order chi connectivity index (χ1) is 12.4. The maximum atomic E-state index is 12.6. The summed E-state index contributed by atoms with van der Waals surface area (Å²) in [6, 6.07) is 18.1. The van der Waals surface area contributed by atoms with Gasteiger partial charge in [0.05, 0.1) is 17.6 Å². The van der Waals surface area contributed by atoms with Gasteiger partial charge in [-0.2, -0.15) is 0 Å². The summed E-state index contributed by atoms with van der Waals surface area (Å²) in [5.41, 5.74) is 2.27. The van der Waals surface area contributed by atoms with E-state index in [1.807, 2.05) is 29.6 Å². The molecule has 0 radical (unpaired) electrons. The third-order valence-corrected chi connectivity index (χ3v) is 6.03. The van der Waals surface area contributed by atoms with Crippen LogP contribution in [0.15, 0.2) is 66.0 Å². The highest BCUT2D eigenvalue weighted by Gasteiger charge is 2.18. The maximum absolute atomic E-state index is 12.6. The van der Waals surface area contributed by atoms with Gasteiger partial charge in [0.25, 0.3) is 5.91 Å². The van der Waals surface area contributed by atoms with Crippen LogP contribution in [0.3, 0.4) is 0 Å². The zero-order valence-corrected chi connectivity index (χ0v) is 16.0. The summed E-state index contributed by atoms with van der Waals surface area (Å²) in [4.78, 5) is 13.6. The van der Waals surface area contributed by atoms with Crippen LogP contribution in [0.4, 0.5) is 11.4 Å². The van der Waals surface area contributed by atoms with Gasteiger partial charge in [0.1, 0.15) is 0 Å². The number of rotatable bonds is 5. The lowest BCUT2D eigenvalue weighted by molar-refractivity contribution is 0.102. The van der Waals surface area contributed by atoms with Crippen LogP contribution in [0, 0.1) is 0 Å². The van der Waals surface area contributed by atoms with E-state index < -0.39 is 10.0 Å². The van der Waals surface area contributed by atoms with Gasteiger partial charge in [0.2, 0.25) is 10.0 Å². The number of sulfonamides is 1. The minimum absolute atomic E-state index is 0.294. The molecule has 2 aromatic carbocycles. The van der Waals surface area contributed by atoms with Crippen LogP contribution in [0.25, 0.3) is 10.4 Å². The Kier molecular flexibility index (Phi) is 5.11. The molecule has 134 valence electrons. The van der Waals surface area contributed by atoms with Crippen molar-refractivity contribution in [1.29, 1.82) is 0 Å². The summed E-state index contributed by atoms with van der Waals surface area (Å²) in [5, 5.41) is 4.81. The average molecular weight is 386 g/mol. The number of hydrogen-bond acceptors (Lipinski definition) is 4. The first-order valence-electron chi connectivity index (χ1n) is 7.84. The van der Waals surface area contributed by atoms with Crippen molar-refractivity contribution in [3.05, 3.63) is 71.6 Å². The summed E-state index contributed by atoms with van der Waals surface area (Å²) < 4.78 is 25.1. The molecule has 3 aromatic rings. The third-order valence-electron chi connectivity index (χ3n) is 3.92. The predicted molar refractivity (Wildman–Crippen MR) is 107 cm³/mol. The van der Waals surface area contributed by atoms with Gasteiger partial charge in [0, 0.05) is 17.5 Å². The van der Waals surface area contributed by atoms with E-state index >= 15 is 0 Å². The molecule has 7 heteroatoms. The summed E-state index contributed by atoms with van der Waals surface area (Å²) >= 11 is 1.58. The van der Waals surface area contributed by atoms with Gasteiger partial charge in [-0.3, -0.25) is 9.10 Å². The van der Waals surface area contributed by atoms with Crippen LogP contribution in [-0.4, -0.2) is 27.6 Å². The zero-order chi connectivity index (χ0) is 18.7. The van der Waals surface area contributed by atoms with Crippen molar-refractivity contribution in [2.75, 3.05) is 22.9 Å². The molecule has 1 heterocycles. The van der Waals surface area contributed by atoms with E-state index in [-0.39, 0.29) is 5.91 Å². The summed E-state index contributed by atoms with van der Waals surface area (Å²) in [6.45, 7) is 0. The molecule has 3 rings (SSSR count). The van der Waals surface area contributed by atoms with Crippen LogP contribution in [0.2, 0.25) is 0 Å². The minimum atomic E-state index is -3.46. The van der Waals surface area contributed by atoms with E-state index in [9.17, 15) is 13.2 Å². The van der Waals surface area contributed by atoms with Crippen LogP contribution >= 0.6 is 11.3 Å². The summed E-state index contributed by atoms with van der Waals surface area (Å²) in [6.07, 6.45) is 1.13. The van der Waals surface area contributed by atoms with Crippen molar-refractivity contribution in [1.82, 2.24) is 0 Å². The largest absolute Gasteiger partial charge is 0.320 e. The number of amides is 1. The van der Waals surface area contributed by atoms with E-state index in [1.54, 1.807) is 47.7 Å². The average Bonchev–Trinajstić information content (AvgIpc) is 3.16. The zero-order valence-electron chi connectivity index (χ0n) is 14.3. The van der Waals surface area contributed by atoms with E-state index in [4.69, 9.17) is 0 Å². The molecule has 0 aliphatic heterocycles. The number of carbonyl (C=O) groups excluding carboxylic acids is 1. The molecule has 0 bridgehead atoms. The quantitative estimate of drug-likeness (QED) is 0.719. The van der Waals surface area contributed by atoms with Crippen molar-refractivity contribution in [2.24, 2.45) is 0 Å². The summed E-state index contributed by atoms with van der Waals surface area (Å²) in [5.74, 6) is -0.294. The Morgan fingerprint density at radius 3 is 2.38 bits per heavy atom. The molecule has 0 fully saturated rings. The van der Waals surface area contributed by atoms with Gasteiger partial charge in [0.15, 0.2) is 0 Å². The van der Waals surface area contributed by atoms with Gasteiger partial charge >= 0.3 is 0 Å². The second kappa shape index (κ2) is 7.31. The number of carbonyl (C=O) groups is 1. The lowest BCUT2D eigenvalue weighted by Gasteiger charge is -2.21. The molecular weight excluding hydrogens is 368 g/mol. The Morgan fingerprint density at radius 2 is 1.77 bits per heavy atom. The number of anilines is 2. The predicted octanol–water partition coefficient (Wildman–Crippen LogP) is 4.06. The highest BCUT2D eigenvalue weighted by molar-refractivity contribution is 7.92. The smallest absolute Gasteiger partial charge is 0.255 e. The molecule has 1 amide bonds. The second-order valence-corrected chi connectivity index (χ2v) is 8.72. The lowest BCUT2D eigenvalue weighted by Crippen LogP contribution is -2.26. The summed E-state index contributed by atoms with van der Waals surface area (Å²) in [7, 11) is -1.99. The highest BCUT2D eigenvalue weighted by atomic mass is 32.2. The molecular formula is C19H18N2O3S2. The topological polar surface area (TPSA) is 66.5 Å². The monoisotopic (exact) mass is 386 g/mol. The molecule has 26 heavy (non-hydrogen) atoms. The van der Waals surface area contributed by atoms with Crippen LogP contribution in [-0.2, 0) is 10.0 Å². The highest BCUT2D eigenvalue weighted by Crippen LogP contribution is 2.34. The van der Waals surface area contributed by atoms with Crippen molar-refractivity contribution in [3.8, 4) is 10.4 Å². The Hall–Kier alpha value is -2.64. The van der Waals surface area contributed by atoms with Gasteiger partial charge in [-0.1, -0.05) is 30.3 Å². The van der Waals surface area contributed by atoms with E-state index in [1.165, 1.54) is 7.05 Å². The fourth-order valence-corrected chi connectivity index (χ4v) is 3.71. The maximum Gasteiger partial charge on any atom is 0.255 e. The molecule has 0 aliphatic rings. The molecule has 0 spiro atoms. The second-order valence-electron chi connectivity index (χ2n) is 5.76. The van der Waals surface area contributed by atoms with E-state index in [0.29, 0.717) is 16.9 Å². The number of thiophene rings is 1. The Labute approximate surface area is 157 Å². The van der Waals surface area contributed by atoms with Gasteiger partial charge in [-0.15, -0.1) is 11.3 Å². The third kappa shape index (κ3) is 3.95. The minimum Gasteiger partial charge on any atom is -0.320 e. The van der Waals surface area contributed by atoms with Crippen molar-refractivity contribution in [3.63, 3.8) is 0 Å². The van der Waals surface area contributed by atoms with E-state index in [0.717, 1.165) is 21.0 Å². The molecule has 0 saturated heterocycles. The van der Waals surface area contributed by atoms with Crippen molar-refractivity contribution < 1.29 is 13.2 Å². The van der Waals surface area contributed by atoms with Crippen LogP contribution < -0.4 is 9.62 Å². The van der Waals surface area contributed by atoms with Gasteiger partial charge in [-0.05, 0) is 41.3 Å². The number of hydrogen-bond donors (Lipinski definition) is 1. The fourth-order valence-electron chi connectivity index (χ4n) is 2.47. The number of benzene rings is 2. The SMILES string of the molecule is CN(c1ccc(-c2cccs2)cc1NC(=O)c1ccccc1)S(C)(=O)=O. The first-order valence-corrected chi connectivity index (χ1v) is 10.6. The standard InChI is InChI=1S/C19H18N2O3S2/c1-21(26(2,23)24)17-11-10-15(18-9-6-12-25-18)13-16(17)20-19(22)14-7-4-3-5-8-14/h3-13H,1-2H3,(H,20,22). The Morgan fingerprint density at radius 1 is 1.04 bits per heavy atom. The van der Waals surface area contributed by atoms with Gasteiger partial charge in [-0.25, -0.2) is 8.42 Å². The Bertz CT molecular complexity index is 1010. The molecule has 0 unspecified atom stereocenters. The fraction of sp³-hybridized carbons (Fsp3) is 0.105. The normalized spacial score (nSPS) is 11.2.